The molecule has 14 heavy (non-hydrogen) atoms. The Hall–Kier alpha value is -1.13. The summed E-state index contributed by atoms with van der Waals surface area (Å²) < 4.78 is 61.1. The van der Waals surface area contributed by atoms with Gasteiger partial charge in [0.25, 0.3) is 0 Å². The molecule has 76 valence electrons. The summed E-state index contributed by atoms with van der Waals surface area (Å²) in [6.07, 6.45) is -5.62. The maximum Gasteiger partial charge on any atom is 0.458 e. The second-order valence-electron chi connectivity index (χ2n) is 2.66. The van der Waals surface area contributed by atoms with E-state index in [4.69, 9.17) is 6.92 Å². The zero-order valence-corrected chi connectivity index (χ0v) is 6.78. The molecular weight excluding hydrogens is 203 g/mol. The van der Waals surface area contributed by atoms with Crippen LogP contribution in [0.15, 0.2) is 24.3 Å². The predicted octanol–water partition coefficient (Wildman–Crippen LogP) is 3.40. The molecule has 0 fully saturated rings. The van der Waals surface area contributed by atoms with Crippen molar-refractivity contribution in [2.75, 3.05) is 0 Å². The van der Waals surface area contributed by atoms with Gasteiger partial charge in [-0.1, -0.05) is 24.3 Å². The van der Waals surface area contributed by atoms with Crippen LogP contribution in [0.1, 0.15) is 11.1 Å². The van der Waals surface area contributed by atoms with Crippen LogP contribution in [-0.2, 0) is 5.92 Å². The molecule has 0 aromatic heterocycles. The van der Waals surface area contributed by atoms with Gasteiger partial charge in [-0.05, 0) is 12.5 Å². The van der Waals surface area contributed by atoms with Crippen molar-refractivity contribution < 1.29 is 22.0 Å². The maximum absolute atomic E-state index is 12.7. The van der Waals surface area contributed by atoms with Crippen molar-refractivity contribution in [3.63, 3.8) is 0 Å². The zero-order chi connectivity index (χ0) is 11.0. The molecule has 0 aliphatic carbocycles. The molecule has 0 heterocycles. The van der Waals surface area contributed by atoms with Crippen molar-refractivity contribution in [3.8, 4) is 0 Å². The predicted molar refractivity (Wildman–Crippen MR) is 39.8 cm³/mol. The lowest BCUT2D eigenvalue weighted by Crippen LogP contribution is -2.34. The van der Waals surface area contributed by atoms with Crippen LogP contribution in [0.3, 0.4) is 0 Å². The molecule has 0 saturated heterocycles. The van der Waals surface area contributed by atoms with Gasteiger partial charge in [0, 0.05) is 5.56 Å². The van der Waals surface area contributed by atoms with Gasteiger partial charge in [-0.2, -0.15) is 22.0 Å². The number of rotatable bonds is 1. The van der Waals surface area contributed by atoms with Gasteiger partial charge in [0.1, 0.15) is 0 Å². The number of halogens is 5. The summed E-state index contributed by atoms with van der Waals surface area (Å²) in [5.41, 5.74) is -1.79. The fourth-order valence-corrected chi connectivity index (χ4v) is 0.936. The molecule has 0 atom stereocenters. The van der Waals surface area contributed by atoms with Crippen LogP contribution in [0.5, 0.6) is 0 Å². The average molecular weight is 208 g/mol. The highest BCUT2D eigenvalue weighted by Gasteiger charge is 2.59. The fraction of sp³-hybridized carbons (Fsp3) is 0.222. The third-order valence-corrected chi connectivity index (χ3v) is 1.66. The van der Waals surface area contributed by atoms with E-state index in [1.165, 1.54) is 6.07 Å². The monoisotopic (exact) mass is 208 g/mol. The normalized spacial score (nSPS) is 13.0. The van der Waals surface area contributed by atoms with E-state index >= 15 is 0 Å². The SMILES string of the molecule is [CH]c1ccccc1C(F)(F)C(F)(F)F. The average Bonchev–Trinajstić information content (AvgIpc) is 2.02. The van der Waals surface area contributed by atoms with Crippen molar-refractivity contribution >= 4 is 0 Å². The first-order chi connectivity index (χ1) is 6.27. The van der Waals surface area contributed by atoms with Crippen LogP contribution in [0.25, 0.3) is 0 Å². The van der Waals surface area contributed by atoms with Crippen LogP contribution in [0.2, 0.25) is 0 Å². The van der Waals surface area contributed by atoms with Crippen molar-refractivity contribution in [1.82, 2.24) is 0 Å². The van der Waals surface area contributed by atoms with E-state index in [9.17, 15) is 22.0 Å². The molecule has 0 aliphatic heterocycles. The van der Waals surface area contributed by atoms with Crippen LogP contribution < -0.4 is 0 Å². The molecule has 0 N–H and O–H groups in total. The Morgan fingerprint density at radius 2 is 1.43 bits per heavy atom. The fourth-order valence-electron chi connectivity index (χ4n) is 0.936. The molecule has 0 unspecified atom stereocenters. The minimum atomic E-state index is -5.62. The van der Waals surface area contributed by atoms with E-state index in [2.05, 4.69) is 0 Å². The third-order valence-electron chi connectivity index (χ3n) is 1.66. The Bertz CT molecular complexity index is 326. The lowest BCUT2D eigenvalue weighted by molar-refractivity contribution is -0.289. The standard InChI is InChI=1S/C9H5F5/c1-6-4-2-3-5-7(6)8(10,11)9(12,13)14/h1-5H. The zero-order valence-electron chi connectivity index (χ0n) is 6.78. The molecule has 1 aromatic rings. The summed E-state index contributed by atoms with van der Waals surface area (Å²) >= 11 is 0. The number of hydrogen-bond acceptors (Lipinski definition) is 0. The summed E-state index contributed by atoms with van der Waals surface area (Å²) in [6, 6.07) is 4.01. The molecule has 0 spiro atoms. The Balaban J connectivity index is 3.23. The molecule has 1 aromatic carbocycles. The largest absolute Gasteiger partial charge is 0.458 e. The minimum Gasteiger partial charge on any atom is -0.191 e. The van der Waals surface area contributed by atoms with Crippen molar-refractivity contribution in [2.45, 2.75) is 12.1 Å². The van der Waals surface area contributed by atoms with Gasteiger partial charge in [-0.25, -0.2) is 0 Å². The number of benzene rings is 1. The first-order valence-electron chi connectivity index (χ1n) is 3.56. The van der Waals surface area contributed by atoms with Crippen LogP contribution >= 0.6 is 0 Å². The molecule has 0 bridgehead atoms. The molecule has 0 aliphatic rings. The van der Waals surface area contributed by atoms with Gasteiger partial charge in [-0.3, -0.25) is 0 Å². The lowest BCUT2D eigenvalue weighted by Gasteiger charge is -2.21. The van der Waals surface area contributed by atoms with Crippen LogP contribution in [0.4, 0.5) is 22.0 Å². The summed E-state index contributed by atoms with van der Waals surface area (Å²) in [5.74, 6) is -4.90. The Morgan fingerprint density at radius 3 is 1.86 bits per heavy atom. The highest BCUT2D eigenvalue weighted by Crippen LogP contribution is 2.44. The Kier molecular flexibility index (Phi) is 2.52. The topological polar surface area (TPSA) is 0 Å². The lowest BCUT2D eigenvalue weighted by atomic mass is 10.0. The molecule has 2 radical (unpaired) electrons. The molecule has 0 nitrogen and oxygen atoms in total. The van der Waals surface area contributed by atoms with Gasteiger partial charge in [-0.15, -0.1) is 0 Å². The summed E-state index contributed by atoms with van der Waals surface area (Å²) in [6.45, 7) is 5.02. The molecule has 0 saturated carbocycles. The van der Waals surface area contributed by atoms with E-state index in [0.29, 0.717) is 6.07 Å². The van der Waals surface area contributed by atoms with Crippen LogP contribution in [-0.4, -0.2) is 6.18 Å². The first kappa shape index (κ1) is 10.9. The van der Waals surface area contributed by atoms with E-state index < -0.39 is 23.2 Å². The van der Waals surface area contributed by atoms with Gasteiger partial charge in [0.05, 0.1) is 0 Å². The highest BCUT2D eigenvalue weighted by atomic mass is 19.4. The molecule has 0 amide bonds. The van der Waals surface area contributed by atoms with Gasteiger partial charge < -0.3 is 0 Å². The van der Waals surface area contributed by atoms with Crippen molar-refractivity contribution in [1.29, 1.82) is 0 Å². The molecule has 1 rings (SSSR count). The molecular formula is C9H5F5. The number of hydrogen-bond donors (Lipinski definition) is 0. The summed E-state index contributed by atoms with van der Waals surface area (Å²) in [5, 5.41) is 0. The smallest absolute Gasteiger partial charge is 0.191 e. The second-order valence-corrected chi connectivity index (χ2v) is 2.66. The van der Waals surface area contributed by atoms with Crippen LogP contribution in [0, 0.1) is 6.92 Å². The third kappa shape index (κ3) is 1.71. The van der Waals surface area contributed by atoms with Gasteiger partial charge in [0.15, 0.2) is 0 Å². The summed E-state index contributed by atoms with van der Waals surface area (Å²) in [4.78, 5) is 0. The minimum absolute atomic E-state index is 0.574. The van der Waals surface area contributed by atoms with E-state index in [1.54, 1.807) is 0 Å². The molecule has 5 heteroatoms. The van der Waals surface area contributed by atoms with E-state index in [-0.39, 0.29) is 0 Å². The Morgan fingerprint density at radius 1 is 0.929 bits per heavy atom. The maximum atomic E-state index is 12.7. The van der Waals surface area contributed by atoms with E-state index in [1.807, 2.05) is 0 Å². The van der Waals surface area contributed by atoms with E-state index in [0.717, 1.165) is 12.1 Å². The second kappa shape index (κ2) is 3.22. The van der Waals surface area contributed by atoms with Crippen molar-refractivity contribution in [3.05, 3.63) is 42.3 Å². The first-order valence-corrected chi connectivity index (χ1v) is 3.56. The number of alkyl halides is 5. The Labute approximate surface area is 77.4 Å². The van der Waals surface area contributed by atoms with Gasteiger partial charge in [0.2, 0.25) is 0 Å². The van der Waals surface area contributed by atoms with Crippen molar-refractivity contribution in [2.24, 2.45) is 0 Å². The van der Waals surface area contributed by atoms with Gasteiger partial charge >= 0.3 is 12.1 Å². The summed E-state index contributed by atoms with van der Waals surface area (Å²) in [7, 11) is 0. The quantitative estimate of drug-likeness (QED) is 0.620. The highest BCUT2D eigenvalue weighted by molar-refractivity contribution is 5.33.